The van der Waals surface area contributed by atoms with E-state index in [0.717, 1.165) is 11.1 Å². The number of aliphatic hydroxyl groups excluding tert-OH is 1. The van der Waals surface area contributed by atoms with Crippen LogP contribution in [-0.2, 0) is 27.5 Å². The van der Waals surface area contributed by atoms with Crippen LogP contribution in [0.15, 0.2) is 60.7 Å². The lowest BCUT2D eigenvalue weighted by atomic mass is 10.00. The number of carboxylic acids is 1. The molecule has 2 N–H and O–H groups in total. The summed E-state index contributed by atoms with van der Waals surface area (Å²) in [4.78, 5) is 11.4. The van der Waals surface area contributed by atoms with Crippen molar-refractivity contribution in [2.75, 3.05) is 13.2 Å². The highest BCUT2D eigenvalue weighted by Crippen LogP contribution is 2.13. The van der Waals surface area contributed by atoms with Gasteiger partial charge in [0.15, 0.2) is 0 Å². The van der Waals surface area contributed by atoms with Crippen LogP contribution in [-0.4, -0.2) is 35.5 Å². The first-order valence-electron chi connectivity index (χ1n) is 8.31. The van der Waals surface area contributed by atoms with Crippen LogP contribution < -0.4 is 0 Å². The van der Waals surface area contributed by atoms with Crippen LogP contribution in [0.4, 0.5) is 0 Å². The maximum atomic E-state index is 11.4. The molecular weight excluding hydrogens is 320 g/mol. The van der Waals surface area contributed by atoms with Crippen molar-refractivity contribution < 1.29 is 24.5 Å². The summed E-state index contributed by atoms with van der Waals surface area (Å²) < 4.78 is 10.9. The van der Waals surface area contributed by atoms with Crippen LogP contribution in [0.3, 0.4) is 0 Å². The van der Waals surface area contributed by atoms with E-state index in [1.807, 2.05) is 60.7 Å². The third-order valence-electron chi connectivity index (χ3n) is 3.87. The molecule has 0 saturated carbocycles. The van der Waals surface area contributed by atoms with E-state index in [1.54, 1.807) is 0 Å². The van der Waals surface area contributed by atoms with Crippen LogP contribution in [0.1, 0.15) is 17.5 Å². The SMILES string of the molecule is O=C(O)[C@@H](CCOCc1ccccc1)[C@@H](O)COCc1ccccc1. The monoisotopic (exact) mass is 344 g/mol. The van der Waals surface area contributed by atoms with Crippen molar-refractivity contribution in [1.29, 1.82) is 0 Å². The van der Waals surface area contributed by atoms with Gasteiger partial charge in [-0.3, -0.25) is 4.79 Å². The average molecular weight is 344 g/mol. The molecular formula is C20H24O5. The molecule has 0 bridgehead atoms. The van der Waals surface area contributed by atoms with Gasteiger partial charge in [0, 0.05) is 6.61 Å². The number of aliphatic hydroxyl groups is 1. The molecule has 0 saturated heterocycles. The standard InChI is InChI=1S/C20H24O5/c21-19(15-25-14-17-9-5-2-6-10-17)18(20(22)23)11-12-24-13-16-7-3-1-4-8-16/h1-10,18-19,21H,11-15H2,(H,22,23)/t18-,19-/m0/s1. The first kappa shape index (κ1) is 19.1. The van der Waals surface area contributed by atoms with Crippen molar-refractivity contribution in [2.24, 2.45) is 5.92 Å². The smallest absolute Gasteiger partial charge is 0.309 e. The topological polar surface area (TPSA) is 76.0 Å². The summed E-state index contributed by atoms with van der Waals surface area (Å²) in [6.45, 7) is 1.01. The third-order valence-corrected chi connectivity index (χ3v) is 3.87. The van der Waals surface area contributed by atoms with Crippen molar-refractivity contribution >= 4 is 5.97 Å². The molecule has 0 aliphatic rings. The van der Waals surface area contributed by atoms with Crippen LogP contribution in [0, 0.1) is 5.92 Å². The molecule has 0 fully saturated rings. The maximum Gasteiger partial charge on any atom is 0.309 e. The Balaban J connectivity index is 1.70. The lowest BCUT2D eigenvalue weighted by molar-refractivity contribution is -0.148. The lowest BCUT2D eigenvalue weighted by Crippen LogP contribution is -2.33. The van der Waals surface area contributed by atoms with Crippen molar-refractivity contribution in [3.8, 4) is 0 Å². The van der Waals surface area contributed by atoms with Gasteiger partial charge < -0.3 is 19.7 Å². The fourth-order valence-electron chi connectivity index (χ4n) is 2.44. The molecule has 2 atom stereocenters. The summed E-state index contributed by atoms with van der Waals surface area (Å²) >= 11 is 0. The van der Waals surface area contributed by atoms with Gasteiger partial charge in [-0.2, -0.15) is 0 Å². The molecule has 0 aliphatic carbocycles. The minimum absolute atomic E-state index is 0.0233. The molecule has 0 aliphatic heterocycles. The van der Waals surface area contributed by atoms with Gasteiger partial charge in [0.1, 0.15) is 0 Å². The predicted molar refractivity (Wildman–Crippen MR) is 93.9 cm³/mol. The quantitative estimate of drug-likeness (QED) is 0.613. The molecule has 0 unspecified atom stereocenters. The fraction of sp³-hybridized carbons (Fsp3) is 0.350. The molecule has 2 aromatic carbocycles. The van der Waals surface area contributed by atoms with Crippen LogP contribution in [0.2, 0.25) is 0 Å². The Hall–Kier alpha value is -2.21. The summed E-state index contributed by atoms with van der Waals surface area (Å²) in [7, 11) is 0. The van der Waals surface area contributed by atoms with Crippen molar-refractivity contribution in [3.63, 3.8) is 0 Å². The van der Waals surface area contributed by atoms with E-state index < -0.39 is 18.0 Å². The Kier molecular flexibility index (Phi) is 8.12. The van der Waals surface area contributed by atoms with Gasteiger partial charge >= 0.3 is 5.97 Å². The Morgan fingerprint density at radius 3 is 1.92 bits per heavy atom. The molecule has 5 heteroatoms. The Morgan fingerprint density at radius 1 is 0.880 bits per heavy atom. The van der Waals surface area contributed by atoms with E-state index in [2.05, 4.69) is 0 Å². The van der Waals surface area contributed by atoms with Crippen LogP contribution in [0.25, 0.3) is 0 Å². The van der Waals surface area contributed by atoms with Crippen molar-refractivity contribution in [2.45, 2.75) is 25.7 Å². The van der Waals surface area contributed by atoms with Gasteiger partial charge in [-0.25, -0.2) is 0 Å². The van der Waals surface area contributed by atoms with Gasteiger partial charge in [0.2, 0.25) is 0 Å². The number of benzene rings is 2. The average Bonchev–Trinajstić information content (AvgIpc) is 2.63. The summed E-state index contributed by atoms with van der Waals surface area (Å²) in [6.07, 6.45) is -0.834. The minimum Gasteiger partial charge on any atom is -0.481 e. The number of hydrogen-bond donors (Lipinski definition) is 2. The summed E-state index contributed by atoms with van der Waals surface area (Å²) in [5.41, 5.74) is 2.01. The number of rotatable bonds is 11. The second-order valence-electron chi connectivity index (χ2n) is 5.84. The van der Waals surface area contributed by atoms with E-state index in [-0.39, 0.29) is 19.6 Å². The van der Waals surface area contributed by atoms with Gasteiger partial charge in [-0.15, -0.1) is 0 Å². The zero-order valence-corrected chi connectivity index (χ0v) is 14.1. The number of aliphatic carboxylic acids is 1. The van der Waals surface area contributed by atoms with E-state index in [1.165, 1.54) is 0 Å². The minimum atomic E-state index is -1.07. The summed E-state index contributed by atoms with van der Waals surface area (Å²) in [5, 5.41) is 19.4. The molecule has 0 spiro atoms. The van der Waals surface area contributed by atoms with Crippen LogP contribution in [0.5, 0.6) is 0 Å². The van der Waals surface area contributed by atoms with Gasteiger partial charge in [0.25, 0.3) is 0 Å². The number of carboxylic acid groups (broad SMARTS) is 1. The second-order valence-corrected chi connectivity index (χ2v) is 5.84. The molecule has 5 nitrogen and oxygen atoms in total. The zero-order chi connectivity index (χ0) is 17.9. The Morgan fingerprint density at radius 2 is 1.40 bits per heavy atom. The van der Waals surface area contributed by atoms with Gasteiger partial charge in [-0.1, -0.05) is 60.7 Å². The van der Waals surface area contributed by atoms with E-state index in [4.69, 9.17) is 9.47 Å². The lowest BCUT2D eigenvalue weighted by Gasteiger charge is -2.19. The Labute approximate surface area is 147 Å². The molecule has 2 rings (SSSR count). The fourth-order valence-corrected chi connectivity index (χ4v) is 2.44. The third kappa shape index (κ3) is 7.05. The number of carbonyl (C=O) groups is 1. The zero-order valence-electron chi connectivity index (χ0n) is 14.1. The second kappa shape index (κ2) is 10.6. The van der Waals surface area contributed by atoms with E-state index in [0.29, 0.717) is 13.2 Å². The number of ether oxygens (including phenoxy) is 2. The molecule has 0 aromatic heterocycles. The highest BCUT2D eigenvalue weighted by atomic mass is 16.5. The van der Waals surface area contributed by atoms with Gasteiger partial charge in [0.05, 0.1) is 31.8 Å². The molecule has 25 heavy (non-hydrogen) atoms. The number of hydrogen-bond acceptors (Lipinski definition) is 4. The normalized spacial score (nSPS) is 13.3. The highest BCUT2D eigenvalue weighted by molar-refractivity contribution is 5.70. The molecule has 2 aromatic rings. The van der Waals surface area contributed by atoms with E-state index >= 15 is 0 Å². The maximum absolute atomic E-state index is 11.4. The summed E-state index contributed by atoms with van der Waals surface area (Å²) in [5.74, 6) is -1.95. The highest BCUT2D eigenvalue weighted by Gasteiger charge is 2.26. The predicted octanol–water partition coefficient (Wildman–Crippen LogP) is 2.87. The molecule has 134 valence electrons. The van der Waals surface area contributed by atoms with Crippen molar-refractivity contribution in [3.05, 3.63) is 71.8 Å². The molecule has 0 radical (unpaired) electrons. The van der Waals surface area contributed by atoms with Crippen LogP contribution >= 0.6 is 0 Å². The summed E-state index contributed by atoms with van der Waals surface area (Å²) in [6, 6.07) is 19.2. The largest absolute Gasteiger partial charge is 0.481 e. The Bertz CT molecular complexity index is 614. The molecule has 0 amide bonds. The molecule has 0 heterocycles. The van der Waals surface area contributed by atoms with Gasteiger partial charge in [-0.05, 0) is 17.5 Å². The first-order chi connectivity index (χ1) is 12.2. The van der Waals surface area contributed by atoms with Crippen molar-refractivity contribution in [1.82, 2.24) is 0 Å². The first-order valence-corrected chi connectivity index (χ1v) is 8.31. The van der Waals surface area contributed by atoms with E-state index in [9.17, 15) is 15.0 Å².